The van der Waals surface area contributed by atoms with Crippen LogP contribution in [0.4, 0.5) is 35.7 Å². The molecule has 14 N–H and O–H groups in total. The van der Waals surface area contributed by atoms with Gasteiger partial charge in [-0.1, -0.05) is 24.3 Å². The van der Waals surface area contributed by atoms with E-state index in [4.69, 9.17) is 29.9 Å². The molecule has 0 saturated carbocycles. The second kappa shape index (κ2) is 23.7. The summed E-state index contributed by atoms with van der Waals surface area (Å²) in [7, 11) is 0. The molecule has 20 heteroatoms. The molecule has 1 aromatic carbocycles. The fourth-order valence-corrected chi connectivity index (χ4v) is 14.5. The van der Waals surface area contributed by atoms with Crippen molar-refractivity contribution >= 4 is 35.7 Å². The van der Waals surface area contributed by atoms with Gasteiger partial charge in [-0.05, 0) is 197 Å². The van der Waals surface area contributed by atoms with Crippen molar-refractivity contribution in [3.63, 3.8) is 0 Å². The molecule has 4 aliphatic rings. The van der Waals surface area contributed by atoms with Crippen molar-refractivity contribution in [3.05, 3.63) is 35.4 Å². The summed E-state index contributed by atoms with van der Waals surface area (Å²) < 4.78 is 0. The molecular weight excluding hydrogens is 985 g/mol. The average molecular weight is 1090 g/mol. The maximum atomic E-state index is 11.5. The van der Waals surface area contributed by atoms with Gasteiger partial charge < -0.3 is 73.6 Å². The molecule has 6 heterocycles. The number of aliphatic hydroxyl groups is 4. The largest absolute Gasteiger partial charge is 0.391 e. The minimum atomic E-state index is -0.618. The highest BCUT2D eigenvalue weighted by Gasteiger charge is 2.44. The van der Waals surface area contributed by atoms with E-state index < -0.39 is 24.4 Å². The summed E-state index contributed by atoms with van der Waals surface area (Å²) in [6, 6.07) is 8.18. The summed E-state index contributed by atoms with van der Waals surface area (Å²) in [5, 5.41) is 80.8. The maximum Gasteiger partial charge on any atom is 0.229 e. The smallest absolute Gasteiger partial charge is 0.229 e. The second-order valence-corrected chi connectivity index (χ2v) is 29.2. The molecule has 7 rings (SSSR count). The zero-order valence-electron chi connectivity index (χ0n) is 50.3. The van der Waals surface area contributed by atoms with Gasteiger partial charge in [0, 0.05) is 83.6 Å². The van der Waals surface area contributed by atoms with Gasteiger partial charge in [0.1, 0.15) is 0 Å². The summed E-state index contributed by atoms with van der Waals surface area (Å²) >= 11 is 0. The van der Waals surface area contributed by atoms with E-state index in [9.17, 15) is 20.4 Å². The van der Waals surface area contributed by atoms with Gasteiger partial charge in [-0.3, -0.25) is 0 Å². The molecule has 4 atom stereocenters. The van der Waals surface area contributed by atoms with Crippen molar-refractivity contribution < 1.29 is 20.4 Å². The molecular formula is C58H102N16O4. The number of aromatic nitrogens is 6. The van der Waals surface area contributed by atoms with Crippen LogP contribution in [-0.2, 0) is 13.1 Å². The molecule has 0 radical (unpaired) electrons. The van der Waals surface area contributed by atoms with Crippen LogP contribution in [0.2, 0.25) is 0 Å². The van der Waals surface area contributed by atoms with Crippen molar-refractivity contribution in [2.45, 2.75) is 244 Å². The molecule has 3 aromatic rings. The topological polar surface area (TPSA) is 279 Å². The van der Waals surface area contributed by atoms with Gasteiger partial charge >= 0.3 is 0 Å². The average Bonchev–Trinajstić information content (AvgIpc) is 3.32. The van der Waals surface area contributed by atoms with E-state index in [1.54, 1.807) is 0 Å². The van der Waals surface area contributed by atoms with E-state index in [1.165, 1.54) is 0 Å². The predicted octanol–water partition coefficient (Wildman–Crippen LogP) is 6.60. The Hall–Kier alpha value is -4.28. The zero-order chi connectivity index (χ0) is 57.3. The summed E-state index contributed by atoms with van der Waals surface area (Å²) in [5.74, 6) is 2.35. The van der Waals surface area contributed by atoms with Crippen LogP contribution in [0.15, 0.2) is 24.3 Å². The second-order valence-electron chi connectivity index (χ2n) is 29.2. The van der Waals surface area contributed by atoms with Crippen molar-refractivity contribution in [1.82, 2.24) is 51.2 Å². The Morgan fingerprint density at radius 3 is 0.679 bits per heavy atom. The molecule has 0 amide bonds. The van der Waals surface area contributed by atoms with Crippen molar-refractivity contribution in [1.29, 1.82) is 0 Å². The van der Waals surface area contributed by atoms with Crippen LogP contribution in [0.25, 0.3) is 0 Å². The Bertz CT molecular complexity index is 2080. The molecule has 78 heavy (non-hydrogen) atoms. The number of hydrogen-bond donors (Lipinski definition) is 14. The number of anilines is 6. The standard InChI is InChI=1S/C58H102N16O4/c1-51(2)21-37(22-52(3,4)71-51)41(75)31-61-47-65-45(66-48(69-47)62-32-42(76)38-23-53(5,6)72-54(7,8)24-38)59-29-35-17-19-36(20-18-35)30-60-46-67-49(63-33-43(77)39-25-55(9,10)73-56(11,12)26-39)70-50(68-46)64-34-44(78)40-27-57(13,14)74-58(15,16)28-40/h17-20,37-44,71-78H,21-34H2,1-16H3,(H3,59,61,62,65,66,69)(H3,60,63,64,67,68,70). The zero-order valence-corrected chi connectivity index (χ0v) is 50.3. The number of benzene rings is 1. The van der Waals surface area contributed by atoms with Gasteiger partial charge in [0.15, 0.2) is 0 Å². The fraction of sp³-hybridized carbons (Fsp3) is 0.793. The number of nitrogens with one attached hydrogen (secondary N) is 10. The van der Waals surface area contributed by atoms with Gasteiger partial charge in [0.05, 0.1) is 24.4 Å². The third-order valence-electron chi connectivity index (χ3n) is 16.1. The van der Waals surface area contributed by atoms with Gasteiger partial charge in [-0.15, -0.1) is 0 Å². The molecule has 4 aliphatic heterocycles. The Morgan fingerprint density at radius 1 is 0.333 bits per heavy atom. The predicted molar refractivity (Wildman–Crippen MR) is 315 cm³/mol. The van der Waals surface area contributed by atoms with E-state index in [0.717, 1.165) is 62.5 Å². The van der Waals surface area contributed by atoms with E-state index >= 15 is 0 Å². The normalized spacial score (nSPS) is 24.3. The molecule has 2 aromatic heterocycles. The monoisotopic (exact) mass is 1090 g/mol. The highest BCUT2D eigenvalue weighted by molar-refractivity contribution is 5.45. The minimum Gasteiger partial charge on any atom is -0.391 e. The van der Waals surface area contributed by atoms with Gasteiger partial charge in [-0.2, -0.15) is 29.9 Å². The Morgan fingerprint density at radius 2 is 0.500 bits per heavy atom. The van der Waals surface area contributed by atoms with Crippen molar-refractivity contribution in [2.24, 2.45) is 23.7 Å². The molecule has 4 unspecified atom stereocenters. The number of aliphatic hydroxyl groups excluding tert-OH is 4. The number of piperidine rings is 4. The molecule has 4 fully saturated rings. The van der Waals surface area contributed by atoms with Crippen LogP contribution in [0.5, 0.6) is 0 Å². The van der Waals surface area contributed by atoms with Crippen LogP contribution in [-0.4, -0.2) is 145 Å². The number of nitrogens with zero attached hydrogens (tertiary/aromatic N) is 6. The quantitative estimate of drug-likeness (QED) is 0.0505. The molecule has 0 bridgehead atoms. The third kappa shape index (κ3) is 18.4. The lowest BCUT2D eigenvalue weighted by atomic mass is 9.73. The summed E-state index contributed by atoms with van der Waals surface area (Å²) in [6.07, 6.45) is 4.24. The minimum absolute atomic E-state index is 0.0827. The van der Waals surface area contributed by atoms with E-state index in [1.807, 2.05) is 24.3 Å². The van der Waals surface area contributed by atoms with Gasteiger partial charge in [0.2, 0.25) is 35.7 Å². The number of hydrogen-bond acceptors (Lipinski definition) is 20. The van der Waals surface area contributed by atoms with Crippen molar-refractivity contribution in [3.8, 4) is 0 Å². The first-order valence-electron chi connectivity index (χ1n) is 28.9. The number of rotatable bonds is 22. The third-order valence-corrected chi connectivity index (χ3v) is 16.1. The Labute approximate surface area is 466 Å². The highest BCUT2D eigenvalue weighted by atomic mass is 16.3. The molecule has 438 valence electrons. The SMILES string of the molecule is CC1(C)CC(C(O)CNc2nc(NCc3ccc(CNc4nc(NCC(O)C5CC(C)(C)NC(C)(C)C5)nc(NCC(O)C5CC(C)(C)NC(C)(C)C5)n4)cc3)nc(NCC(O)C3CC(C)(C)NC(C)(C)C3)n2)CC(C)(C)N1. The van der Waals surface area contributed by atoms with Crippen LogP contribution in [0.3, 0.4) is 0 Å². The lowest BCUT2D eigenvalue weighted by Crippen LogP contribution is -2.59. The summed E-state index contributed by atoms with van der Waals surface area (Å²) in [6.45, 7) is 36.9. The van der Waals surface area contributed by atoms with E-state index in [0.29, 0.717) is 48.8 Å². The first kappa shape index (κ1) is 61.3. The lowest BCUT2D eigenvalue weighted by molar-refractivity contribution is 0.0340. The fourth-order valence-electron chi connectivity index (χ4n) is 14.5. The highest BCUT2D eigenvalue weighted by Crippen LogP contribution is 2.38. The molecule has 20 nitrogen and oxygen atoms in total. The molecule has 4 saturated heterocycles. The Balaban J connectivity index is 1.01. The van der Waals surface area contributed by atoms with Gasteiger partial charge in [-0.25, -0.2) is 0 Å². The summed E-state index contributed by atoms with van der Waals surface area (Å²) in [5.41, 5.74) is 1.13. The maximum absolute atomic E-state index is 11.5. The van der Waals surface area contributed by atoms with Crippen LogP contribution in [0, 0.1) is 23.7 Å². The first-order valence-corrected chi connectivity index (χ1v) is 28.9. The van der Waals surface area contributed by atoms with Crippen molar-refractivity contribution in [2.75, 3.05) is 58.1 Å². The van der Waals surface area contributed by atoms with Crippen LogP contribution < -0.4 is 53.2 Å². The van der Waals surface area contributed by atoms with E-state index in [-0.39, 0.29) is 94.2 Å². The molecule has 0 spiro atoms. The Kier molecular flexibility index (Phi) is 18.6. The first-order chi connectivity index (χ1) is 36.0. The molecule has 0 aliphatic carbocycles. The van der Waals surface area contributed by atoms with Crippen LogP contribution >= 0.6 is 0 Å². The van der Waals surface area contributed by atoms with E-state index in [2.05, 4.69) is 164 Å². The van der Waals surface area contributed by atoms with Gasteiger partial charge in [0.25, 0.3) is 0 Å². The lowest BCUT2D eigenvalue weighted by Gasteiger charge is -2.47. The summed E-state index contributed by atoms with van der Waals surface area (Å²) in [4.78, 5) is 28.4. The van der Waals surface area contributed by atoms with Crippen LogP contribution in [0.1, 0.15) is 173 Å².